The molecule has 4 aromatic rings. The number of pyridine rings is 1. The number of hydrogen-bond acceptors (Lipinski definition) is 2. The molecule has 2 nitrogen and oxygen atoms in total. The number of carbonyl (C=O) groups is 1. The highest BCUT2D eigenvalue weighted by molar-refractivity contribution is 5.98. The minimum atomic E-state index is 0.0395. The highest BCUT2D eigenvalue weighted by Crippen LogP contribution is 2.36. The zero-order valence-corrected chi connectivity index (χ0v) is 16.4. The number of ketones is 1. The van der Waals surface area contributed by atoms with Crippen LogP contribution in [-0.4, -0.2) is 10.8 Å². The first kappa shape index (κ1) is 18.4. The second-order valence-electron chi connectivity index (χ2n) is 7.77. The van der Waals surface area contributed by atoms with Gasteiger partial charge in [-0.3, -0.25) is 4.79 Å². The van der Waals surface area contributed by atoms with Gasteiger partial charge in [0, 0.05) is 23.1 Å². The van der Waals surface area contributed by atoms with Crippen molar-refractivity contribution in [3.63, 3.8) is 0 Å². The van der Waals surface area contributed by atoms with Gasteiger partial charge >= 0.3 is 0 Å². The molecule has 1 aromatic heterocycles. The van der Waals surface area contributed by atoms with Crippen LogP contribution in [0.15, 0.2) is 78.9 Å². The molecule has 0 spiro atoms. The van der Waals surface area contributed by atoms with Crippen molar-refractivity contribution in [3.05, 3.63) is 90.0 Å². The number of aromatic nitrogens is 1. The van der Waals surface area contributed by atoms with E-state index in [-0.39, 0.29) is 11.8 Å². The summed E-state index contributed by atoms with van der Waals surface area (Å²) < 4.78 is 0. The molecular formula is C26H25NO. The maximum atomic E-state index is 12.8. The van der Waals surface area contributed by atoms with Gasteiger partial charge in [-0.1, -0.05) is 80.6 Å². The van der Waals surface area contributed by atoms with Crippen LogP contribution in [0, 0.1) is 5.92 Å². The molecule has 1 unspecified atom stereocenters. The number of rotatable bonds is 6. The van der Waals surface area contributed by atoms with Crippen LogP contribution in [0.3, 0.4) is 0 Å². The number of para-hydroxylation sites is 2. The molecule has 0 saturated carbocycles. The molecule has 3 aromatic carbocycles. The van der Waals surface area contributed by atoms with Crippen molar-refractivity contribution in [2.24, 2.45) is 5.92 Å². The van der Waals surface area contributed by atoms with E-state index in [0.29, 0.717) is 12.2 Å². The van der Waals surface area contributed by atoms with Crippen LogP contribution in [0.2, 0.25) is 0 Å². The molecule has 0 aliphatic heterocycles. The molecule has 0 radical (unpaired) electrons. The van der Waals surface area contributed by atoms with E-state index in [2.05, 4.69) is 60.7 Å². The van der Waals surface area contributed by atoms with E-state index in [1.807, 2.05) is 32.0 Å². The summed E-state index contributed by atoms with van der Waals surface area (Å²) in [6, 6.07) is 27.1. The van der Waals surface area contributed by atoms with E-state index in [0.717, 1.165) is 28.2 Å². The van der Waals surface area contributed by atoms with Crippen molar-refractivity contribution in [1.82, 2.24) is 4.98 Å². The van der Waals surface area contributed by atoms with Gasteiger partial charge in [-0.2, -0.15) is 0 Å². The number of carbonyl (C=O) groups excluding carboxylic acids is 1. The third kappa shape index (κ3) is 3.68. The highest BCUT2D eigenvalue weighted by atomic mass is 16.1. The monoisotopic (exact) mass is 367 g/mol. The fourth-order valence-electron chi connectivity index (χ4n) is 3.97. The Balaban J connectivity index is 1.93. The average Bonchev–Trinajstić information content (AvgIpc) is 2.72. The summed E-state index contributed by atoms with van der Waals surface area (Å²) in [6.45, 7) is 3.98. The van der Waals surface area contributed by atoms with Crippen molar-refractivity contribution in [1.29, 1.82) is 0 Å². The molecule has 1 atom stereocenters. The SMILES string of the molecule is CC(C)C(=O)CC(Cc1ccccc1)c1c2ccccc2nc2ccccc12. The van der Waals surface area contributed by atoms with Gasteiger partial charge < -0.3 is 0 Å². The number of benzene rings is 3. The van der Waals surface area contributed by atoms with E-state index in [4.69, 9.17) is 4.98 Å². The minimum absolute atomic E-state index is 0.0395. The number of nitrogens with zero attached hydrogens (tertiary/aromatic N) is 1. The van der Waals surface area contributed by atoms with Gasteiger partial charge in [-0.15, -0.1) is 0 Å². The number of fused-ring (bicyclic) bond motifs is 2. The maximum Gasteiger partial charge on any atom is 0.136 e. The van der Waals surface area contributed by atoms with Crippen molar-refractivity contribution in [3.8, 4) is 0 Å². The Morgan fingerprint density at radius 1 is 0.786 bits per heavy atom. The Kier molecular flexibility index (Phi) is 5.21. The lowest BCUT2D eigenvalue weighted by Gasteiger charge is -2.22. The summed E-state index contributed by atoms with van der Waals surface area (Å²) in [5, 5.41) is 2.30. The second-order valence-corrected chi connectivity index (χ2v) is 7.77. The van der Waals surface area contributed by atoms with Gasteiger partial charge in [0.2, 0.25) is 0 Å². The van der Waals surface area contributed by atoms with Crippen LogP contribution in [0.5, 0.6) is 0 Å². The summed E-state index contributed by atoms with van der Waals surface area (Å²) in [6.07, 6.45) is 1.39. The average molecular weight is 367 g/mol. The van der Waals surface area contributed by atoms with E-state index in [1.54, 1.807) is 0 Å². The predicted molar refractivity (Wildman–Crippen MR) is 117 cm³/mol. The lowest BCUT2D eigenvalue weighted by Crippen LogP contribution is -2.15. The van der Waals surface area contributed by atoms with Gasteiger partial charge in [-0.25, -0.2) is 4.98 Å². The summed E-state index contributed by atoms with van der Waals surface area (Å²) in [4.78, 5) is 17.6. The second kappa shape index (κ2) is 7.93. The van der Waals surface area contributed by atoms with Gasteiger partial charge in [0.15, 0.2) is 0 Å². The van der Waals surface area contributed by atoms with Gasteiger partial charge in [0.1, 0.15) is 5.78 Å². The molecule has 0 aliphatic carbocycles. The molecule has 140 valence electrons. The predicted octanol–water partition coefficient (Wildman–Crippen LogP) is 6.33. The molecule has 1 heterocycles. The molecule has 0 bridgehead atoms. The van der Waals surface area contributed by atoms with Crippen molar-refractivity contribution < 1.29 is 4.79 Å². The van der Waals surface area contributed by atoms with Gasteiger partial charge in [-0.05, 0) is 35.6 Å². The minimum Gasteiger partial charge on any atom is -0.299 e. The Bertz CT molecular complexity index is 1060. The Morgan fingerprint density at radius 2 is 1.32 bits per heavy atom. The summed E-state index contributed by atoms with van der Waals surface area (Å²) in [5.74, 6) is 0.471. The molecule has 0 N–H and O–H groups in total. The third-order valence-corrected chi connectivity index (χ3v) is 5.45. The summed E-state index contributed by atoms with van der Waals surface area (Å²) >= 11 is 0. The molecule has 2 heteroatoms. The molecule has 28 heavy (non-hydrogen) atoms. The van der Waals surface area contributed by atoms with Gasteiger partial charge in [0.25, 0.3) is 0 Å². The molecule has 0 fully saturated rings. The zero-order chi connectivity index (χ0) is 19.5. The number of hydrogen-bond donors (Lipinski definition) is 0. The lowest BCUT2D eigenvalue weighted by atomic mass is 9.82. The van der Waals surface area contributed by atoms with Crippen LogP contribution in [-0.2, 0) is 11.2 Å². The fraction of sp³-hybridized carbons (Fsp3) is 0.231. The first-order valence-corrected chi connectivity index (χ1v) is 9.97. The van der Waals surface area contributed by atoms with Crippen molar-refractivity contribution >= 4 is 27.6 Å². The topological polar surface area (TPSA) is 30.0 Å². The lowest BCUT2D eigenvalue weighted by molar-refractivity contribution is -0.122. The first-order valence-electron chi connectivity index (χ1n) is 9.97. The molecule has 4 rings (SSSR count). The Hall–Kier alpha value is -3.00. The maximum absolute atomic E-state index is 12.8. The van der Waals surface area contributed by atoms with Crippen LogP contribution in [0.4, 0.5) is 0 Å². The van der Waals surface area contributed by atoms with Crippen molar-refractivity contribution in [2.75, 3.05) is 0 Å². The fourth-order valence-corrected chi connectivity index (χ4v) is 3.97. The smallest absolute Gasteiger partial charge is 0.136 e. The summed E-state index contributed by atoms with van der Waals surface area (Å²) in [5.41, 5.74) is 4.49. The standard InChI is InChI=1S/C26H25NO/c1-18(2)25(28)17-20(16-19-10-4-3-5-11-19)26-21-12-6-8-14-23(21)27-24-15-9-7-13-22(24)26/h3-15,18,20H,16-17H2,1-2H3. The Labute approximate surface area is 166 Å². The van der Waals surface area contributed by atoms with Crippen molar-refractivity contribution in [2.45, 2.75) is 32.6 Å². The third-order valence-electron chi connectivity index (χ3n) is 5.45. The van der Waals surface area contributed by atoms with Gasteiger partial charge in [0.05, 0.1) is 11.0 Å². The molecule has 0 amide bonds. The highest BCUT2D eigenvalue weighted by Gasteiger charge is 2.23. The van der Waals surface area contributed by atoms with Crippen LogP contribution >= 0.6 is 0 Å². The quantitative estimate of drug-likeness (QED) is 0.373. The first-order chi connectivity index (χ1) is 13.6. The van der Waals surface area contributed by atoms with E-state index >= 15 is 0 Å². The van der Waals surface area contributed by atoms with Crippen LogP contribution in [0.25, 0.3) is 21.8 Å². The van der Waals surface area contributed by atoms with Crippen LogP contribution in [0.1, 0.15) is 37.3 Å². The van der Waals surface area contributed by atoms with E-state index in [9.17, 15) is 4.79 Å². The largest absolute Gasteiger partial charge is 0.299 e. The molecule has 0 saturated heterocycles. The molecular weight excluding hydrogens is 342 g/mol. The normalized spacial score (nSPS) is 12.5. The molecule has 0 aliphatic rings. The van der Waals surface area contributed by atoms with E-state index < -0.39 is 0 Å². The summed E-state index contributed by atoms with van der Waals surface area (Å²) in [7, 11) is 0. The Morgan fingerprint density at radius 3 is 1.89 bits per heavy atom. The number of Topliss-reactive ketones (excluding diaryl/α,β-unsaturated/α-hetero) is 1. The van der Waals surface area contributed by atoms with Crippen LogP contribution < -0.4 is 0 Å². The van der Waals surface area contributed by atoms with E-state index in [1.165, 1.54) is 11.1 Å². The zero-order valence-electron chi connectivity index (χ0n) is 16.4.